The Balaban J connectivity index is 1.54. The molecule has 0 radical (unpaired) electrons. The van der Waals surface area contributed by atoms with Gasteiger partial charge >= 0.3 is 0 Å². The van der Waals surface area contributed by atoms with Crippen LogP contribution in [0.3, 0.4) is 0 Å². The molecule has 0 spiro atoms. The van der Waals surface area contributed by atoms with Gasteiger partial charge in [-0.2, -0.15) is 0 Å². The van der Waals surface area contributed by atoms with Crippen LogP contribution in [-0.4, -0.2) is 51.4 Å². The second-order valence-electron chi connectivity index (χ2n) is 6.96. The first-order chi connectivity index (χ1) is 14.2. The molecule has 1 aliphatic rings. The van der Waals surface area contributed by atoms with Crippen LogP contribution in [0.15, 0.2) is 36.4 Å². The lowest BCUT2D eigenvalue weighted by molar-refractivity contribution is 0.0374. The first kappa shape index (κ1) is 21.8. The molecule has 2 aromatic carbocycles. The number of rotatable bonds is 10. The number of hydrogen-bond donors (Lipinski definition) is 1. The van der Waals surface area contributed by atoms with Crippen LogP contribution >= 0.6 is 11.6 Å². The molecule has 0 unspecified atom stereocenters. The van der Waals surface area contributed by atoms with Gasteiger partial charge < -0.3 is 19.5 Å². The van der Waals surface area contributed by atoms with Crippen molar-refractivity contribution < 1.29 is 18.6 Å². The molecule has 158 valence electrons. The van der Waals surface area contributed by atoms with E-state index in [4.69, 9.17) is 25.8 Å². The van der Waals surface area contributed by atoms with E-state index in [1.54, 1.807) is 13.2 Å². The Bertz CT molecular complexity index is 785. The number of nitrogens with zero attached hydrogens (tertiary/aromatic N) is 1. The van der Waals surface area contributed by atoms with Gasteiger partial charge in [0.2, 0.25) is 0 Å². The summed E-state index contributed by atoms with van der Waals surface area (Å²) in [5, 5.41) is 3.83. The first-order valence-corrected chi connectivity index (χ1v) is 10.3. The zero-order valence-electron chi connectivity index (χ0n) is 16.8. The van der Waals surface area contributed by atoms with E-state index in [1.165, 1.54) is 12.1 Å². The van der Waals surface area contributed by atoms with Crippen LogP contribution in [0.25, 0.3) is 0 Å². The summed E-state index contributed by atoms with van der Waals surface area (Å²) in [7, 11) is 1.62. The Hall–Kier alpha value is -1.86. The minimum absolute atomic E-state index is 0.240. The van der Waals surface area contributed by atoms with Gasteiger partial charge in [-0.1, -0.05) is 29.8 Å². The predicted octanol–water partition coefficient (Wildman–Crippen LogP) is 3.88. The monoisotopic (exact) mass is 422 g/mol. The first-order valence-electron chi connectivity index (χ1n) is 9.91. The fourth-order valence-electron chi connectivity index (χ4n) is 3.29. The molecule has 1 N–H and O–H groups in total. The number of para-hydroxylation sites is 1. The predicted molar refractivity (Wildman–Crippen MR) is 112 cm³/mol. The number of ether oxygens (including phenoxy) is 3. The summed E-state index contributed by atoms with van der Waals surface area (Å²) in [6.07, 6.45) is 1.07. The van der Waals surface area contributed by atoms with Gasteiger partial charge in [-0.3, -0.25) is 4.90 Å². The van der Waals surface area contributed by atoms with Gasteiger partial charge in [0, 0.05) is 30.8 Å². The molecule has 7 heteroatoms. The van der Waals surface area contributed by atoms with Gasteiger partial charge in [0.25, 0.3) is 0 Å². The van der Waals surface area contributed by atoms with Crippen molar-refractivity contribution in [1.82, 2.24) is 10.2 Å². The van der Waals surface area contributed by atoms with E-state index in [0.717, 1.165) is 56.9 Å². The molecule has 0 bridgehead atoms. The van der Waals surface area contributed by atoms with Crippen LogP contribution in [-0.2, 0) is 17.9 Å². The lowest BCUT2D eigenvalue weighted by Crippen LogP contribution is -2.37. The van der Waals surface area contributed by atoms with Crippen LogP contribution in [0.4, 0.5) is 4.39 Å². The quantitative estimate of drug-likeness (QED) is 0.588. The minimum atomic E-state index is -0.363. The Morgan fingerprint density at radius 3 is 2.76 bits per heavy atom. The van der Waals surface area contributed by atoms with Crippen molar-refractivity contribution in [3.63, 3.8) is 0 Å². The molecular weight excluding hydrogens is 395 g/mol. The molecule has 1 aliphatic heterocycles. The fourth-order valence-corrected chi connectivity index (χ4v) is 3.51. The summed E-state index contributed by atoms with van der Waals surface area (Å²) in [4.78, 5) is 2.43. The molecule has 1 heterocycles. The van der Waals surface area contributed by atoms with Crippen molar-refractivity contribution in [2.75, 3.05) is 46.5 Å². The van der Waals surface area contributed by atoms with E-state index in [-0.39, 0.29) is 12.4 Å². The molecule has 1 saturated heterocycles. The molecule has 0 aromatic heterocycles. The van der Waals surface area contributed by atoms with E-state index >= 15 is 0 Å². The van der Waals surface area contributed by atoms with Gasteiger partial charge in [0.05, 0.1) is 25.3 Å². The number of halogens is 2. The van der Waals surface area contributed by atoms with Crippen molar-refractivity contribution in [2.45, 2.75) is 19.6 Å². The third-order valence-corrected chi connectivity index (χ3v) is 5.27. The molecule has 0 aliphatic carbocycles. The maximum atomic E-state index is 13.3. The lowest BCUT2D eigenvalue weighted by atomic mass is 10.1. The maximum absolute atomic E-state index is 13.3. The number of morpholine rings is 1. The highest BCUT2D eigenvalue weighted by Gasteiger charge is 2.13. The summed E-state index contributed by atoms with van der Waals surface area (Å²) in [5.41, 5.74) is 1.73. The number of nitrogens with one attached hydrogen (secondary N) is 1. The highest BCUT2D eigenvalue weighted by Crippen LogP contribution is 2.32. The van der Waals surface area contributed by atoms with E-state index in [1.807, 2.05) is 18.2 Å². The number of methoxy groups -OCH3 is 1. The average molecular weight is 423 g/mol. The second kappa shape index (κ2) is 11.4. The standard InChI is InChI=1S/C22H28ClFN2O3/c1-27-21-5-2-4-17(15-25-8-3-9-26-10-12-28-13-11-26)22(21)29-16-18-6-7-19(24)14-20(18)23/h2,4-7,14,25H,3,8-13,15-16H2,1H3. The van der Waals surface area contributed by atoms with Gasteiger partial charge in [-0.05, 0) is 37.7 Å². The Labute approximate surface area is 176 Å². The Morgan fingerprint density at radius 2 is 2.00 bits per heavy atom. The highest BCUT2D eigenvalue weighted by atomic mass is 35.5. The summed E-state index contributed by atoms with van der Waals surface area (Å²) in [6.45, 7) is 6.58. The normalized spacial score (nSPS) is 14.7. The zero-order valence-corrected chi connectivity index (χ0v) is 17.5. The Kier molecular flexibility index (Phi) is 8.55. The maximum Gasteiger partial charge on any atom is 0.166 e. The van der Waals surface area contributed by atoms with Gasteiger partial charge in [0.1, 0.15) is 12.4 Å². The van der Waals surface area contributed by atoms with Crippen molar-refractivity contribution in [1.29, 1.82) is 0 Å². The molecule has 3 rings (SSSR count). The third kappa shape index (κ3) is 6.57. The van der Waals surface area contributed by atoms with Gasteiger partial charge in [-0.15, -0.1) is 0 Å². The van der Waals surface area contributed by atoms with E-state index < -0.39 is 0 Å². The molecule has 29 heavy (non-hydrogen) atoms. The summed E-state index contributed by atoms with van der Waals surface area (Å²) < 4.78 is 30.1. The Morgan fingerprint density at radius 1 is 1.17 bits per heavy atom. The molecule has 1 fully saturated rings. The number of benzene rings is 2. The van der Waals surface area contributed by atoms with Crippen LogP contribution in [0.5, 0.6) is 11.5 Å². The van der Waals surface area contributed by atoms with Gasteiger partial charge in [0.15, 0.2) is 11.5 Å². The topological polar surface area (TPSA) is 43.0 Å². The minimum Gasteiger partial charge on any atom is -0.493 e. The fraction of sp³-hybridized carbons (Fsp3) is 0.455. The van der Waals surface area contributed by atoms with E-state index in [9.17, 15) is 4.39 Å². The SMILES string of the molecule is COc1cccc(CNCCCN2CCOCC2)c1OCc1ccc(F)cc1Cl. The van der Waals surface area contributed by atoms with Crippen molar-refractivity contribution in [2.24, 2.45) is 0 Å². The van der Waals surface area contributed by atoms with E-state index in [0.29, 0.717) is 23.1 Å². The highest BCUT2D eigenvalue weighted by molar-refractivity contribution is 6.31. The van der Waals surface area contributed by atoms with Crippen molar-refractivity contribution in [3.05, 3.63) is 58.4 Å². The van der Waals surface area contributed by atoms with E-state index in [2.05, 4.69) is 10.2 Å². The van der Waals surface area contributed by atoms with Crippen molar-refractivity contribution in [3.8, 4) is 11.5 Å². The van der Waals surface area contributed by atoms with Crippen LogP contribution in [0.1, 0.15) is 17.5 Å². The zero-order chi connectivity index (χ0) is 20.5. The third-order valence-electron chi connectivity index (χ3n) is 4.91. The summed E-state index contributed by atoms with van der Waals surface area (Å²) in [6, 6.07) is 10.1. The molecule has 0 amide bonds. The largest absolute Gasteiger partial charge is 0.493 e. The lowest BCUT2D eigenvalue weighted by Gasteiger charge is -2.26. The van der Waals surface area contributed by atoms with Crippen LogP contribution < -0.4 is 14.8 Å². The molecular formula is C22H28ClFN2O3. The summed E-state index contributed by atoms with van der Waals surface area (Å²) >= 11 is 6.12. The average Bonchev–Trinajstić information content (AvgIpc) is 2.74. The smallest absolute Gasteiger partial charge is 0.166 e. The van der Waals surface area contributed by atoms with Crippen LogP contribution in [0.2, 0.25) is 5.02 Å². The molecule has 0 atom stereocenters. The second-order valence-corrected chi connectivity index (χ2v) is 7.36. The van der Waals surface area contributed by atoms with Crippen LogP contribution in [0, 0.1) is 5.82 Å². The molecule has 0 saturated carbocycles. The summed E-state index contributed by atoms with van der Waals surface area (Å²) in [5.74, 6) is 0.977. The van der Waals surface area contributed by atoms with Gasteiger partial charge in [-0.25, -0.2) is 4.39 Å². The number of hydrogen-bond acceptors (Lipinski definition) is 5. The van der Waals surface area contributed by atoms with Crippen molar-refractivity contribution >= 4 is 11.6 Å². The molecule has 5 nitrogen and oxygen atoms in total. The molecule has 2 aromatic rings.